The minimum absolute atomic E-state index is 0.0742. The zero-order chi connectivity index (χ0) is 16.2. The van der Waals surface area contributed by atoms with Crippen LogP contribution < -0.4 is 5.32 Å². The summed E-state index contributed by atoms with van der Waals surface area (Å²) in [6, 6.07) is 6.32. The van der Waals surface area contributed by atoms with Gasteiger partial charge < -0.3 is 15.0 Å². The van der Waals surface area contributed by atoms with Crippen LogP contribution in [0.4, 0.5) is 0 Å². The molecule has 4 heteroatoms. The molecule has 1 amide bonds. The number of ether oxygens (including phenoxy) is 1. The van der Waals surface area contributed by atoms with Crippen molar-refractivity contribution in [3.63, 3.8) is 0 Å². The molecule has 1 aromatic carbocycles. The Morgan fingerprint density at radius 2 is 2.04 bits per heavy atom. The first kappa shape index (κ1) is 16.5. The third kappa shape index (κ3) is 4.33. The standard InChI is InChI=1S/C19H28N2O2/c1-14-3-4-18(15(2)11-14)19(22)20-17-5-8-21(9-6-17)12-16-7-10-23-13-16/h3-4,11,16-17H,5-10,12-13H2,1-2H3,(H,20,22). The SMILES string of the molecule is Cc1ccc(C(=O)NC2CCN(CC3CCOC3)CC2)c(C)c1. The summed E-state index contributed by atoms with van der Waals surface area (Å²) in [6.45, 7) is 9.21. The maximum absolute atomic E-state index is 12.5. The van der Waals surface area contributed by atoms with Gasteiger partial charge in [0.15, 0.2) is 0 Å². The molecule has 2 aliphatic rings. The van der Waals surface area contributed by atoms with Crippen LogP contribution in [0.3, 0.4) is 0 Å². The fourth-order valence-corrected chi connectivity index (χ4v) is 3.68. The molecule has 0 aliphatic carbocycles. The van der Waals surface area contributed by atoms with E-state index in [-0.39, 0.29) is 5.91 Å². The Hall–Kier alpha value is -1.39. The summed E-state index contributed by atoms with van der Waals surface area (Å²) in [7, 11) is 0. The molecule has 1 aromatic rings. The maximum Gasteiger partial charge on any atom is 0.251 e. The highest BCUT2D eigenvalue weighted by molar-refractivity contribution is 5.95. The molecule has 0 saturated carbocycles. The first-order chi connectivity index (χ1) is 11.1. The molecule has 0 aromatic heterocycles. The van der Waals surface area contributed by atoms with Crippen molar-refractivity contribution in [1.82, 2.24) is 10.2 Å². The van der Waals surface area contributed by atoms with Crippen molar-refractivity contribution in [2.45, 2.75) is 39.2 Å². The lowest BCUT2D eigenvalue weighted by atomic mass is 10.0. The molecule has 2 fully saturated rings. The Morgan fingerprint density at radius 3 is 2.70 bits per heavy atom. The molecule has 23 heavy (non-hydrogen) atoms. The second-order valence-electron chi connectivity index (χ2n) is 7.10. The molecule has 2 aliphatic heterocycles. The van der Waals surface area contributed by atoms with Crippen LogP contribution in [0, 0.1) is 19.8 Å². The molecule has 1 atom stereocenters. The Balaban J connectivity index is 1.47. The number of piperidine rings is 1. The summed E-state index contributed by atoms with van der Waals surface area (Å²) in [4.78, 5) is 15.0. The monoisotopic (exact) mass is 316 g/mol. The van der Waals surface area contributed by atoms with Gasteiger partial charge in [0.1, 0.15) is 0 Å². The average Bonchev–Trinajstić information content (AvgIpc) is 3.02. The number of carbonyl (C=O) groups excluding carboxylic acids is 1. The Kier molecular flexibility index (Phi) is 5.34. The van der Waals surface area contributed by atoms with Crippen molar-refractivity contribution in [2.75, 3.05) is 32.8 Å². The van der Waals surface area contributed by atoms with Crippen LogP contribution >= 0.6 is 0 Å². The third-order valence-electron chi connectivity index (χ3n) is 5.09. The quantitative estimate of drug-likeness (QED) is 0.928. The van der Waals surface area contributed by atoms with Crippen molar-refractivity contribution in [3.8, 4) is 0 Å². The van der Waals surface area contributed by atoms with Gasteiger partial charge in [-0.25, -0.2) is 0 Å². The van der Waals surface area contributed by atoms with Gasteiger partial charge in [0.05, 0.1) is 6.61 Å². The van der Waals surface area contributed by atoms with E-state index in [0.29, 0.717) is 12.0 Å². The molecule has 0 radical (unpaired) electrons. The first-order valence-corrected chi connectivity index (χ1v) is 8.80. The van der Waals surface area contributed by atoms with Crippen molar-refractivity contribution in [2.24, 2.45) is 5.92 Å². The van der Waals surface area contributed by atoms with E-state index in [1.807, 2.05) is 19.1 Å². The molecule has 1 unspecified atom stereocenters. The smallest absolute Gasteiger partial charge is 0.251 e. The number of hydrogen-bond acceptors (Lipinski definition) is 3. The number of amides is 1. The van der Waals surface area contributed by atoms with E-state index >= 15 is 0 Å². The van der Waals surface area contributed by atoms with E-state index in [2.05, 4.69) is 23.2 Å². The van der Waals surface area contributed by atoms with E-state index in [4.69, 9.17) is 4.74 Å². The third-order valence-corrected chi connectivity index (χ3v) is 5.09. The lowest BCUT2D eigenvalue weighted by molar-refractivity contribution is 0.0902. The minimum Gasteiger partial charge on any atom is -0.381 e. The van der Waals surface area contributed by atoms with Gasteiger partial charge in [-0.15, -0.1) is 0 Å². The topological polar surface area (TPSA) is 41.6 Å². The Labute approximate surface area is 139 Å². The summed E-state index contributed by atoms with van der Waals surface area (Å²) < 4.78 is 5.46. The van der Waals surface area contributed by atoms with E-state index < -0.39 is 0 Å². The maximum atomic E-state index is 12.5. The zero-order valence-electron chi connectivity index (χ0n) is 14.3. The van der Waals surface area contributed by atoms with Crippen LogP contribution in [0.2, 0.25) is 0 Å². The summed E-state index contributed by atoms with van der Waals surface area (Å²) in [5.74, 6) is 0.779. The summed E-state index contributed by atoms with van der Waals surface area (Å²) in [6.07, 6.45) is 3.29. The predicted octanol–water partition coefficient (Wildman–Crippen LogP) is 2.53. The summed E-state index contributed by atoms with van der Waals surface area (Å²) in [5.41, 5.74) is 3.06. The van der Waals surface area contributed by atoms with Gasteiger partial charge in [0.25, 0.3) is 5.91 Å². The molecule has 2 saturated heterocycles. The molecule has 0 bridgehead atoms. The number of nitrogens with one attached hydrogen (secondary N) is 1. The fraction of sp³-hybridized carbons (Fsp3) is 0.632. The van der Waals surface area contributed by atoms with E-state index in [0.717, 1.165) is 56.8 Å². The number of aryl methyl sites for hydroxylation is 2. The molecule has 1 N–H and O–H groups in total. The normalized spacial score (nSPS) is 23.1. The Bertz CT molecular complexity index is 544. The van der Waals surface area contributed by atoms with Gasteiger partial charge >= 0.3 is 0 Å². The largest absolute Gasteiger partial charge is 0.381 e. The van der Waals surface area contributed by atoms with Crippen molar-refractivity contribution in [3.05, 3.63) is 34.9 Å². The molecule has 3 rings (SSSR count). The lowest BCUT2D eigenvalue weighted by Gasteiger charge is -2.33. The lowest BCUT2D eigenvalue weighted by Crippen LogP contribution is -2.46. The van der Waals surface area contributed by atoms with Crippen molar-refractivity contribution in [1.29, 1.82) is 0 Å². The summed E-state index contributed by atoms with van der Waals surface area (Å²) >= 11 is 0. The fourth-order valence-electron chi connectivity index (χ4n) is 3.68. The molecular weight excluding hydrogens is 288 g/mol. The van der Waals surface area contributed by atoms with Crippen molar-refractivity contribution >= 4 is 5.91 Å². The van der Waals surface area contributed by atoms with E-state index in [1.54, 1.807) is 0 Å². The predicted molar refractivity (Wildman–Crippen MR) is 91.8 cm³/mol. The van der Waals surface area contributed by atoms with Gasteiger partial charge in [0.2, 0.25) is 0 Å². The van der Waals surface area contributed by atoms with Gasteiger partial charge in [-0.05, 0) is 50.7 Å². The van der Waals surface area contributed by atoms with Gasteiger partial charge in [-0.1, -0.05) is 17.7 Å². The van der Waals surface area contributed by atoms with Gasteiger partial charge in [-0.3, -0.25) is 4.79 Å². The summed E-state index contributed by atoms with van der Waals surface area (Å²) in [5, 5.41) is 3.22. The number of nitrogens with zero attached hydrogens (tertiary/aromatic N) is 1. The number of hydrogen-bond donors (Lipinski definition) is 1. The second-order valence-corrected chi connectivity index (χ2v) is 7.10. The second kappa shape index (κ2) is 7.45. The molecular formula is C19H28N2O2. The van der Waals surface area contributed by atoms with Crippen LogP contribution in [-0.2, 0) is 4.74 Å². The van der Waals surface area contributed by atoms with E-state index in [9.17, 15) is 4.79 Å². The van der Waals surface area contributed by atoms with Gasteiger partial charge in [-0.2, -0.15) is 0 Å². The average molecular weight is 316 g/mol. The number of likely N-dealkylation sites (tertiary alicyclic amines) is 1. The van der Waals surface area contributed by atoms with Crippen LogP contribution in [0.5, 0.6) is 0 Å². The Morgan fingerprint density at radius 1 is 1.26 bits per heavy atom. The molecule has 126 valence electrons. The highest BCUT2D eigenvalue weighted by Gasteiger charge is 2.25. The van der Waals surface area contributed by atoms with Crippen LogP contribution in [0.1, 0.15) is 40.7 Å². The molecule has 4 nitrogen and oxygen atoms in total. The number of benzene rings is 1. The van der Waals surface area contributed by atoms with Crippen LogP contribution in [0.25, 0.3) is 0 Å². The number of carbonyl (C=O) groups is 1. The number of rotatable bonds is 4. The van der Waals surface area contributed by atoms with Crippen molar-refractivity contribution < 1.29 is 9.53 Å². The van der Waals surface area contributed by atoms with E-state index in [1.165, 1.54) is 12.0 Å². The molecule has 2 heterocycles. The van der Waals surface area contributed by atoms with Crippen LogP contribution in [-0.4, -0.2) is 49.7 Å². The first-order valence-electron chi connectivity index (χ1n) is 8.80. The highest BCUT2D eigenvalue weighted by atomic mass is 16.5. The van der Waals surface area contributed by atoms with Gasteiger partial charge in [0, 0.05) is 37.8 Å². The molecule has 0 spiro atoms. The zero-order valence-corrected chi connectivity index (χ0v) is 14.3. The minimum atomic E-state index is 0.0742. The van der Waals surface area contributed by atoms with Crippen LogP contribution in [0.15, 0.2) is 18.2 Å². The highest BCUT2D eigenvalue weighted by Crippen LogP contribution is 2.18.